The SMILES string of the molecule is CC1CCCC(CN2CCCC(Br)C2=O)C1. The first-order chi connectivity index (χ1) is 7.66. The number of hydrogen-bond acceptors (Lipinski definition) is 1. The van der Waals surface area contributed by atoms with Crippen LogP contribution in [0.25, 0.3) is 0 Å². The number of piperidine rings is 1. The maximum absolute atomic E-state index is 12.0. The summed E-state index contributed by atoms with van der Waals surface area (Å²) in [6.45, 7) is 4.33. The van der Waals surface area contributed by atoms with E-state index in [0.717, 1.165) is 37.8 Å². The Morgan fingerprint density at radius 2 is 2.12 bits per heavy atom. The highest BCUT2D eigenvalue weighted by Crippen LogP contribution is 2.30. The lowest BCUT2D eigenvalue weighted by atomic mass is 9.82. The van der Waals surface area contributed by atoms with Crippen LogP contribution in [0.5, 0.6) is 0 Å². The molecule has 1 aliphatic carbocycles. The second kappa shape index (κ2) is 5.52. The van der Waals surface area contributed by atoms with Crippen LogP contribution in [-0.4, -0.2) is 28.7 Å². The van der Waals surface area contributed by atoms with E-state index < -0.39 is 0 Å². The number of alkyl halides is 1. The van der Waals surface area contributed by atoms with Crippen LogP contribution in [0.2, 0.25) is 0 Å². The molecule has 92 valence electrons. The fourth-order valence-electron chi connectivity index (χ4n) is 3.11. The highest BCUT2D eigenvalue weighted by Gasteiger charge is 2.29. The van der Waals surface area contributed by atoms with Crippen LogP contribution >= 0.6 is 15.9 Å². The van der Waals surface area contributed by atoms with Gasteiger partial charge in [-0.25, -0.2) is 0 Å². The third-order valence-corrected chi connectivity index (χ3v) is 4.84. The van der Waals surface area contributed by atoms with Gasteiger partial charge in [-0.1, -0.05) is 35.7 Å². The molecule has 1 saturated carbocycles. The Morgan fingerprint density at radius 1 is 1.31 bits per heavy atom. The van der Waals surface area contributed by atoms with Gasteiger partial charge in [0.15, 0.2) is 0 Å². The van der Waals surface area contributed by atoms with Crippen LogP contribution in [-0.2, 0) is 4.79 Å². The molecule has 0 N–H and O–H groups in total. The first-order valence-corrected chi connectivity index (χ1v) is 7.51. The molecule has 0 aromatic heterocycles. The number of carbonyl (C=O) groups excluding carboxylic acids is 1. The number of carbonyl (C=O) groups is 1. The van der Waals surface area contributed by atoms with E-state index >= 15 is 0 Å². The molecule has 2 fully saturated rings. The molecule has 0 aromatic rings. The predicted molar refractivity (Wildman–Crippen MR) is 69.7 cm³/mol. The fraction of sp³-hybridized carbons (Fsp3) is 0.923. The summed E-state index contributed by atoms with van der Waals surface area (Å²) in [4.78, 5) is 14.1. The molecule has 16 heavy (non-hydrogen) atoms. The second-order valence-corrected chi connectivity index (χ2v) is 6.64. The first kappa shape index (κ1) is 12.4. The van der Waals surface area contributed by atoms with Crippen molar-refractivity contribution in [1.29, 1.82) is 0 Å². The normalized spacial score (nSPS) is 36.5. The van der Waals surface area contributed by atoms with Gasteiger partial charge < -0.3 is 4.90 Å². The Morgan fingerprint density at radius 3 is 2.88 bits per heavy atom. The highest BCUT2D eigenvalue weighted by molar-refractivity contribution is 9.10. The zero-order valence-corrected chi connectivity index (χ0v) is 11.7. The minimum Gasteiger partial charge on any atom is -0.341 e. The average Bonchev–Trinajstić information content (AvgIpc) is 2.25. The topological polar surface area (TPSA) is 20.3 Å². The van der Waals surface area contributed by atoms with Crippen LogP contribution < -0.4 is 0 Å². The van der Waals surface area contributed by atoms with Gasteiger partial charge in [-0.2, -0.15) is 0 Å². The van der Waals surface area contributed by atoms with Gasteiger partial charge in [-0.3, -0.25) is 4.79 Å². The van der Waals surface area contributed by atoms with Crippen molar-refractivity contribution in [2.45, 2.75) is 50.3 Å². The zero-order valence-electron chi connectivity index (χ0n) is 10.1. The molecule has 2 rings (SSSR count). The average molecular weight is 288 g/mol. The van der Waals surface area contributed by atoms with E-state index in [1.54, 1.807) is 0 Å². The van der Waals surface area contributed by atoms with Crippen LogP contribution in [0.15, 0.2) is 0 Å². The summed E-state index contributed by atoms with van der Waals surface area (Å²) in [5.41, 5.74) is 0. The molecule has 1 aliphatic heterocycles. The molecule has 2 nitrogen and oxygen atoms in total. The molecule has 1 saturated heterocycles. The Labute approximate surface area is 107 Å². The van der Waals surface area contributed by atoms with E-state index in [4.69, 9.17) is 0 Å². The molecular weight excluding hydrogens is 266 g/mol. The van der Waals surface area contributed by atoms with Gasteiger partial charge in [0.05, 0.1) is 4.83 Å². The molecule has 0 radical (unpaired) electrons. The van der Waals surface area contributed by atoms with Crippen LogP contribution in [0, 0.1) is 11.8 Å². The lowest BCUT2D eigenvalue weighted by molar-refractivity contribution is -0.133. The molecule has 2 aliphatic rings. The summed E-state index contributed by atoms with van der Waals surface area (Å²) >= 11 is 3.48. The number of likely N-dealkylation sites (tertiary alicyclic amines) is 1. The van der Waals surface area contributed by atoms with Crippen molar-refractivity contribution in [3.05, 3.63) is 0 Å². The van der Waals surface area contributed by atoms with E-state index in [-0.39, 0.29) is 4.83 Å². The Bertz CT molecular complexity index is 256. The van der Waals surface area contributed by atoms with E-state index in [2.05, 4.69) is 27.8 Å². The van der Waals surface area contributed by atoms with Gasteiger partial charge in [-0.15, -0.1) is 0 Å². The Balaban J connectivity index is 1.86. The van der Waals surface area contributed by atoms with Crippen molar-refractivity contribution in [1.82, 2.24) is 4.90 Å². The van der Waals surface area contributed by atoms with Crippen LogP contribution in [0.1, 0.15) is 45.4 Å². The number of hydrogen-bond donors (Lipinski definition) is 0. The van der Waals surface area contributed by atoms with Crippen LogP contribution in [0.3, 0.4) is 0 Å². The smallest absolute Gasteiger partial charge is 0.236 e. The summed E-state index contributed by atoms with van der Waals surface area (Å²) in [7, 11) is 0. The van der Waals surface area contributed by atoms with Gasteiger partial charge in [0.1, 0.15) is 0 Å². The quantitative estimate of drug-likeness (QED) is 0.715. The second-order valence-electron chi connectivity index (χ2n) is 5.53. The van der Waals surface area contributed by atoms with E-state index in [0.29, 0.717) is 5.91 Å². The summed E-state index contributed by atoms with van der Waals surface area (Å²) in [5, 5.41) is 0. The summed E-state index contributed by atoms with van der Waals surface area (Å²) < 4.78 is 0. The fourth-order valence-corrected chi connectivity index (χ4v) is 3.72. The van der Waals surface area contributed by atoms with E-state index in [1.165, 1.54) is 25.7 Å². The lowest BCUT2D eigenvalue weighted by Crippen LogP contribution is -2.44. The minimum absolute atomic E-state index is 0.0854. The van der Waals surface area contributed by atoms with E-state index in [9.17, 15) is 4.79 Å². The maximum Gasteiger partial charge on any atom is 0.236 e. The molecule has 3 unspecified atom stereocenters. The highest BCUT2D eigenvalue weighted by atomic mass is 79.9. The molecule has 0 spiro atoms. The van der Waals surface area contributed by atoms with Crippen molar-refractivity contribution in [2.24, 2.45) is 11.8 Å². The standard InChI is InChI=1S/C13H22BrNO/c1-10-4-2-5-11(8-10)9-15-7-3-6-12(14)13(15)16/h10-12H,2-9H2,1H3. The maximum atomic E-state index is 12.0. The molecular formula is C13H22BrNO. The molecule has 1 amide bonds. The summed E-state index contributed by atoms with van der Waals surface area (Å²) in [6, 6.07) is 0. The first-order valence-electron chi connectivity index (χ1n) is 6.59. The monoisotopic (exact) mass is 287 g/mol. The van der Waals surface area contributed by atoms with Gasteiger partial charge in [0, 0.05) is 13.1 Å². The molecule has 0 bridgehead atoms. The molecule has 0 aromatic carbocycles. The Hall–Kier alpha value is -0.0500. The van der Waals surface area contributed by atoms with Crippen molar-refractivity contribution in [2.75, 3.05) is 13.1 Å². The third kappa shape index (κ3) is 2.99. The Kier molecular flexibility index (Phi) is 4.28. The number of rotatable bonds is 2. The summed E-state index contributed by atoms with van der Waals surface area (Å²) in [6.07, 6.45) is 7.54. The van der Waals surface area contributed by atoms with Gasteiger partial charge in [0.25, 0.3) is 0 Å². The van der Waals surface area contributed by atoms with Crippen molar-refractivity contribution in [3.63, 3.8) is 0 Å². The zero-order chi connectivity index (χ0) is 11.5. The third-order valence-electron chi connectivity index (χ3n) is 3.99. The predicted octanol–water partition coefficient (Wildman–Crippen LogP) is 3.20. The minimum atomic E-state index is 0.0854. The van der Waals surface area contributed by atoms with Crippen molar-refractivity contribution >= 4 is 21.8 Å². The van der Waals surface area contributed by atoms with Crippen LogP contribution in [0.4, 0.5) is 0 Å². The molecule has 1 heterocycles. The number of amides is 1. The lowest BCUT2D eigenvalue weighted by Gasteiger charge is -2.35. The van der Waals surface area contributed by atoms with Gasteiger partial charge in [-0.05, 0) is 37.5 Å². The summed E-state index contributed by atoms with van der Waals surface area (Å²) in [5.74, 6) is 1.94. The van der Waals surface area contributed by atoms with Gasteiger partial charge in [0.2, 0.25) is 5.91 Å². The van der Waals surface area contributed by atoms with Gasteiger partial charge >= 0.3 is 0 Å². The van der Waals surface area contributed by atoms with Crippen molar-refractivity contribution < 1.29 is 4.79 Å². The molecule has 3 atom stereocenters. The largest absolute Gasteiger partial charge is 0.341 e. The molecule has 3 heteroatoms. The van der Waals surface area contributed by atoms with E-state index in [1.807, 2.05) is 0 Å². The van der Waals surface area contributed by atoms with Crippen molar-refractivity contribution in [3.8, 4) is 0 Å². The number of nitrogens with zero attached hydrogens (tertiary/aromatic N) is 1. The number of halogens is 1.